The van der Waals surface area contributed by atoms with E-state index in [1.165, 1.54) is 0 Å². The molecule has 1 aromatic rings. The van der Waals surface area contributed by atoms with Crippen molar-refractivity contribution in [1.82, 2.24) is 0 Å². The fourth-order valence-electron chi connectivity index (χ4n) is 1.76. The zero-order valence-corrected chi connectivity index (χ0v) is 12.9. The zero-order chi connectivity index (χ0) is 14.6. The zero-order valence-electron chi connectivity index (χ0n) is 12.2. The molecule has 0 aromatic heterocycles. The minimum atomic E-state index is -0.491. The van der Waals surface area contributed by atoms with Crippen molar-refractivity contribution in [3.8, 4) is 5.75 Å². The molecule has 4 heteroatoms. The van der Waals surface area contributed by atoms with E-state index in [4.69, 9.17) is 21.1 Å². The molecule has 1 rings (SSSR count). The SMILES string of the molecule is Cc1cc(OCC(=O)OC(C)(C)C)cc(C)c1CCl. The number of rotatable bonds is 4. The van der Waals surface area contributed by atoms with Crippen LogP contribution in [-0.2, 0) is 15.4 Å². The van der Waals surface area contributed by atoms with Crippen LogP contribution in [0.4, 0.5) is 0 Å². The van der Waals surface area contributed by atoms with Gasteiger partial charge in [-0.05, 0) is 63.4 Å². The van der Waals surface area contributed by atoms with Gasteiger partial charge in [0.25, 0.3) is 0 Å². The fourth-order valence-corrected chi connectivity index (χ4v) is 2.18. The molecule has 0 bridgehead atoms. The monoisotopic (exact) mass is 284 g/mol. The van der Waals surface area contributed by atoms with Gasteiger partial charge in [0.1, 0.15) is 11.4 Å². The van der Waals surface area contributed by atoms with E-state index in [1.54, 1.807) is 0 Å². The molecule has 0 atom stereocenters. The largest absolute Gasteiger partial charge is 0.482 e. The number of ether oxygens (including phenoxy) is 2. The highest BCUT2D eigenvalue weighted by atomic mass is 35.5. The van der Waals surface area contributed by atoms with Gasteiger partial charge in [0.2, 0.25) is 0 Å². The lowest BCUT2D eigenvalue weighted by atomic mass is 10.0. The van der Waals surface area contributed by atoms with E-state index in [2.05, 4.69) is 0 Å². The van der Waals surface area contributed by atoms with Crippen LogP contribution >= 0.6 is 11.6 Å². The van der Waals surface area contributed by atoms with Crippen molar-refractivity contribution in [2.45, 2.75) is 46.1 Å². The van der Waals surface area contributed by atoms with Gasteiger partial charge in [-0.1, -0.05) is 0 Å². The highest BCUT2D eigenvalue weighted by Crippen LogP contribution is 2.23. The van der Waals surface area contributed by atoms with Gasteiger partial charge in [0, 0.05) is 5.88 Å². The van der Waals surface area contributed by atoms with Crippen molar-refractivity contribution in [3.63, 3.8) is 0 Å². The standard InChI is InChI=1S/C15H21ClO3/c1-10-6-12(7-11(2)13(10)8-16)18-9-14(17)19-15(3,4)5/h6-7H,8-9H2,1-5H3. The summed E-state index contributed by atoms with van der Waals surface area (Å²) in [4.78, 5) is 11.6. The van der Waals surface area contributed by atoms with E-state index in [-0.39, 0.29) is 12.6 Å². The van der Waals surface area contributed by atoms with E-state index >= 15 is 0 Å². The molecule has 0 saturated carbocycles. The molecule has 0 N–H and O–H groups in total. The lowest BCUT2D eigenvalue weighted by Gasteiger charge is -2.19. The van der Waals surface area contributed by atoms with Crippen LogP contribution in [0.15, 0.2) is 12.1 Å². The lowest BCUT2D eigenvalue weighted by Crippen LogP contribution is -2.27. The van der Waals surface area contributed by atoms with Crippen LogP contribution in [0.1, 0.15) is 37.5 Å². The van der Waals surface area contributed by atoms with Crippen molar-refractivity contribution >= 4 is 17.6 Å². The van der Waals surface area contributed by atoms with Gasteiger partial charge in [-0.25, -0.2) is 4.79 Å². The third-order valence-electron chi connectivity index (χ3n) is 2.58. The Bertz CT molecular complexity index is 438. The summed E-state index contributed by atoms with van der Waals surface area (Å²) in [5, 5.41) is 0. The van der Waals surface area contributed by atoms with E-state index in [9.17, 15) is 4.79 Å². The first-order chi connectivity index (χ1) is 8.73. The highest BCUT2D eigenvalue weighted by Gasteiger charge is 2.16. The summed E-state index contributed by atoms with van der Waals surface area (Å²) in [5.74, 6) is 0.767. The van der Waals surface area contributed by atoms with Gasteiger partial charge < -0.3 is 9.47 Å². The van der Waals surface area contributed by atoms with E-state index in [0.717, 1.165) is 16.7 Å². The summed E-state index contributed by atoms with van der Waals surface area (Å²) in [6.45, 7) is 9.35. The lowest BCUT2D eigenvalue weighted by molar-refractivity contribution is -0.157. The number of aryl methyl sites for hydroxylation is 2. The van der Waals surface area contributed by atoms with Gasteiger partial charge in [-0.3, -0.25) is 0 Å². The van der Waals surface area contributed by atoms with Crippen molar-refractivity contribution < 1.29 is 14.3 Å². The van der Waals surface area contributed by atoms with Crippen LogP contribution in [-0.4, -0.2) is 18.2 Å². The number of benzene rings is 1. The number of hydrogen-bond donors (Lipinski definition) is 0. The summed E-state index contributed by atoms with van der Waals surface area (Å²) >= 11 is 5.88. The maximum absolute atomic E-state index is 11.6. The summed E-state index contributed by atoms with van der Waals surface area (Å²) in [6.07, 6.45) is 0. The van der Waals surface area contributed by atoms with Gasteiger partial charge in [0.15, 0.2) is 6.61 Å². The molecule has 106 valence electrons. The van der Waals surface area contributed by atoms with Gasteiger partial charge in [-0.2, -0.15) is 0 Å². The molecule has 0 unspecified atom stereocenters. The Hall–Kier alpha value is -1.22. The third kappa shape index (κ3) is 5.11. The van der Waals surface area contributed by atoms with Crippen molar-refractivity contribution in [1.29, 1.82) is 0 Å². The number of carbonyl (C=O) groups is 1. The Morgan fingerprint density at radius 1 is 1.21 bits per heavy atom. The molecule has 1 aromatic carbocycles. The fraction of sp³-hybridized carbons (Fsp3) is 0.533. The van der Waals surface area contributed by atoms with E-state index in [0.29, 0.717) is 11.6 Å². The van der Waals surface area contributed by atoms with E-state index in [1.807, 2.05) is 46.8 Å². The Morgan fingerprint density at radius 3 is 2.16 bits per heavy atom. The smallest absolute Gasteiger partial charge is 0.344 e. The minimum absolute atomic E-state index is 0.0869. The average Bonchev–Trinajstić information content (AvgIpc) is 2.23. The molecule has 0 aliphatic carbocycles. The highest BCUT2D eigenvalue weighted by molar-refractivity contribution is 6.17. The number of carbonyl (C=O) groups excluding carboxylic acids is 1. The van der Waals surface area contributed by atoms with Gasteiger partial charge >= 0.3 is 5.97 Å². The van der Waals surface area contributed by atoms with Crippen LogP contribution in [0.2, 0.25) is 0 Å². The molecule has 0 saturated heterocycles. The molecule has 0 spiro atoms. The second-order valence-corrected chi connectivity index (χ2v) is 5.81. The second kappa shape index (κ2) is 6.29. The number of halogens is 1. The first-order valence-corrected chi connectivity index (χ1v) is 6.77. The molecule has 0 heterocycles. The predicted molar refractivity (Wildman–Crippen MR) is 76.8 cm³/mol. The van der Waals surface area contributed by atoms with Crippen LogP contribution in [0.3, 0.4) is 0 Å². The van der Waals surface area contributed by atoms with Crippen LogP contribution in [0.25, 0.3) is 0 Å². The number of esters is 1. The summed E-state index contributed by atoms with van der Waals surface area (Å²) in [7, 11) is 0. The summed E-state index contributed by atoms with van der Waals surface area (Å²) in [6, 6.07) is 3.77. The Kier molecular flexibility index (Phi) is 5.24. The Balaban J connectivity index is 2.67. The van der Waals surface area contributed by atoms with Crippen LogP contribution < -0.4 is 4.74 Å². The minimum Gasteiger partial charge on any atom is -0.482 e. The first-order valence-electron chi connectivity index (χ1n) is 6.23. The van der Waals surface area contributed by atoms with Gasteiger partial charge in [-0.15, -0.1) is 11.6 Å². The Morgan fingerprint density at radius 2 is 1.74 bits per heavy atom. The summed E-state index contributed by atoms with van der Waals surface area (Å²) < 4.78 is 10.6. The number of alkyl halides is 1. The van der Waals surface area contributed by atoms with Crippen LogP contribution in [0, 0.1) is 13.8 Å². The normalized spacial score (nSPS) is 11.3. The van der Waals surface area contributed by atoms with Gasteiger partial charge in [0.05, 0.1) is 0 Å². The molecule has 19 heavy (non-hydrogen) atoms. The molecular formula is C15H21ClO3. The molecular weight excluding hydrogens is 264 g/mol. The van der Waals surface area contributed by atoms with Crippen LogP contribution in [0.5, 0.6) is 5.75 Å². The maximum Gasteiger partial charge on any atom is 0.344 e. The van der Waals surface area contributed by atoms with E-state index < -0.39 is 5.60 Å². The molecule has 0 amide bonds. The van der Waals surface area contributed by atoms with Crippen molar-refractivity contribution in [2.24, 2.45) is 0 Å². The number of hydrogen-bond acceptors (Lipinski definition) is 3. The molecule has 0 aliphatic heterocycles. The predicted octanol–water partition coefficient (Wildman–Crippen LogP) is 3.76. The first kappa shape index (κ1) is 15.8. The molecule has 3 nitrogen and oxygen atoms in total. The third-order valence-corrected chi connectivity index (χ3v) is 2.85. The second-order valence-electron chi connectivity index (χ2n) is 5.54. The van der Waals surface area contributed by atoms with Crippen molar-refractivity contribution in [3.05, 3.63) is 28.8 Å². The maximum atomic E-state index is 11.6. The molecule has 0 fully saturated rings. The van der Waals surface area contributed by atoms with Crippen molar-refractivity contribution in [2.75, 3.05) is 6.61 Å². The topological polar surface area (TPSA) is 35.5 Å². The molecule has 0 radical (unpaired) electrons. The Labute approximate surface area is 119 Å². The average molecular weight is 285 g/mol. The quantitative estimate of drug-likeness (QED) is 0.624. The summed E-state index contributed by atoms with van der Waals surface area (Å²) in [5.41, 5.74) is 2.74. The molecule has 0 aliphatic rings.